The molecule has 4 heteroatoms. The molecular formula is C20H18N4. The molecule has 0 atom stereocenters. The largest absolute Gasteiger partial charge is 0.251 e. The van der Waals surface area contributed by atoms with Crippen molar-refractivity contribution >= 4 is 32.8 Å². The van der Waals surface area contributed by atoms with Gasteiger partial charge in [-0.15, -0.1) is 0 Å². The van der Waals surface area contributed by atoms with Gasteiger partial charge in [-0.3, -0.25) is 9.97 Å². The minimum atomic E-state index is 0.936. The van der Waals surface area contributed by atoms with E-state index in [1.807, 2.05) is 26.0 Å². The fraction of sp³-hybridized carbons (Fsp3) is 0.300. The second kappa shape index (κ2) is 4.94. The maximum Gasteiger partial charge on any atom is 0.0992 e. The Labute approximate surface area is 140 Å². The normalized spacial score (nSPS) is 14.4. The van der Waals surface area contributed by atoms with Gasteiger partial charge in [-0.05, 0) is 63.8 Å². The molecule has 0 aliphatic heterocycles. The van der Waals surface area contributed by atoms with E-state index in [9.17, 15) is 0 Å². The molecule has 0 unspecified atom stereocenters. The summed E-state index contributed by atoms with van der Waals surface area (Å²) < 4.78 is 0. The van der Waals surface area contributed by atoms with E-state index in [0.717, 1.165) is 68.5 Å². The van der Waals surface area contributed by atoms with Gasteiger partial charge < -0.3 is 0 Å². The van der Waals surface area contributed by atoms with E-state index in [0.29, 0.717) is 0 Å². The van der Waals surface area contributed by atoms with Crippen LogP contribution >= 0.6 is 0 Å². The van der Waals surface area contributed by atoms with Crippen molar-refractivity contribution in [3.05, 3.63) is 47.0 Å². The van der Waals surface area contributed by atoms with Gasteiger partial charge in [0.25, 0.3) is 0 Å². The number of aromatic nitrogens is 4. The third-order valence-corrected chi connectivity index (χ3v) is 4.93. The molecule has 5 rings (SSSR count). The number of hydrogen-bond donors (Lipinski definition) is 0. The maximum atomic E-state index is 5.02. The molecule has 0 fully saturated rings. The van der Waals surface area contributed by atoms with Crippen LogP contribution in [0.15, 0.2) is 24.3 Å². The van der Waals surface area contributed by atoms with Crippen LogP contribution in [-0.4, -0.2) is 19.9 Å². The molecule has 118 valence electrons. The van der Waals surface area contributed by atoms with Crippen LogP contribution in [0.3, 0.4) is 0 Å². The number of nitrogens with zero attached hydrogens (tertiary/aromatic N) is 4. The van der Waals surface area contributed by atoms with Crippen molar-refractivity contribution < 1.29 is 0 Å². The molecular weight excluding hydrogens is 296 g/mol. The van der Waals surface area contributed by atoms with E-state index in [1.165, 1.54) is 12.8 Å². The summed E-state index contributed by atoms with van der Waals surface area (Å²) in [6.07, 6.45) is 4.47. The first-order chi connectivity index (χ1) is 11.7. The lowest BCUT2D eigenvalue weighted by atomic mass is 9.99. The zero-order chi connectivity index (χ0) is 16.3. The van der Waals surface area contributed by atoms with Crippen molar-refractivity contribution in [3.8, 4) is 0 Å². The van der Waals surface area contributed by atoms with Crippen molar-refractivity contribution in [2.24, 2.45) is 0 Å². The Morgan fingerprint density at radius 3 is 1.46 bits per heavy atom. The summed E-state index contributed by atoms with van der Waals surface area (Å²) in [7, 11) is 0. The quantitative estimate of drug-likeness (QED) is 0.456. The van der Waals surface area contributed by atoms with Crippen LogP contribution < -0.4 is 0 Å². The first-order valence-electron chi connectivity index (χ1n) is 8.57. The van der Waals surface area contributed by atoms with E-state index in [-0.39, 0.29) is 0 Å². The second-order valence-electron chi connectivity index (χ2n) is 6.72. The Morgan fingerprint density at radius 2 is 1.00 bits per heavy atom. The van der Waals surface area contributed by atoms with Crippen molar-refractivity contribution in [2.75, 3.05) is 0 Å². The highest BCUT2D eigenvalue weighted by atomic mass is 14.9. The molecule has 1 aromatic carbocycles. The highest BCUT2D eigenvalue weighted by Crippen LogP contribution is 2.33. The number of hydrogen-bond acceptors (Lipinski definition) is 4. The van der Waals surface area contributed by atoms with Crippen molar-refractivity contribution in [1.82, 2.24) is 19.9 Å². The number of pyridine rings is 2. The minimum Gasteiger partial charge on any atom is -0.251 e. The van der Waals surface area contributed by atoms with Gasteiger partial charge in [0.1, 0.15) is 0 Å². The van der Waals surface area contributed by atoms with Gasteiger partial charge in [0.2, 0.25) is 0 Å². The molecule has 3 aromatic heterocycles. The Bertz CT molecular complexity index is 1040. The molecule has 0 amide bonds. The summed E-state index contributed by atoms with van der Waals surface area (Å²) in [5.74, 6) is 0. The fourth-order valence-corrected chi connectivity index (χ4v) is 3.72. The average Bonchev–Trinajstić information content (AvgIpc) is 2.60. The molecule has 0 saturated heterocycles. The van der Waals surface area contributed by atoms with Crippen molar-refractivity contribution in [1.29, 1.82) is 0 Å². The molecule has 4 aromatic rings. The zero-order valence-corrected chi connectivity index (χ0v) is 13.9. The van der Waals surface area contributed by atoms with Gasteiger partial charge >= 0.3 is 0 Å². The minimum absolute atomic E-state index is 0.936. The number of fused-ring (bicyclic) bond motifs is 7. The average molecular weight is 314 g/mol. The Hall–Kier alpha value is -2.62. The molecule has 3 heterocycles. The summed E-state index contributed by atoms with van der Waals surface area (Å²) in [5, 5.41) is 2.11. The Morgan fingerprint density at radius 1 is 0.583 bits per heavy atom. The Kier molecular flexibility index (Phi) is 2.84. The molecule has 4 nitrogen and oxygen atoms in total. The summed E-state index contributed by atoms with van der Waals surface area (Å²) in [6, 6.07) is 8.33. The predicted molar refractivity (Wildman–Crippen MR) is 96.3 cm³/mol. The van der Waals surface area contributed by atoms with Gasteiger partial charge in [-0.1, -0.05) is 0 Å². The van der Waals surface area contributed by atoms with Crippen LogP contribution in [0.2, 0.25) is 0 Å². The van der Waals surface area contributed by atoms with Gasteiger partial charge in [-0.25, -0.2) is 9.97 Å². The summed E-state index contributed by atoms with van der Waals surface area (Å²) >= 11 is 0. The highest BCUT2D eigenvalue weighted by Gasteiger charge is 2.18. The molecule has 1 aliphatic carbocycles. The van der Waals surface area contributed by atoms with Crippen molar-refractivity contribution in [2.45, 2.75) is 39.5 Å². The van der Waals surface area contributed by atoms with E-state index in [1.54, 1.807) is 0 Å². The molecule has 0 spiro atoms. The number of aryl methyl sites for hydroxylation is 4. The third-order valence-electron chi connectivity index (χ3n) is 4.93. The topological polar surface area (TPSA) is 51.6 Å². The van der Waals surface area contributed by atoms with E-state index < -0.39 is 0 Å². The highest BCUT2D eigenvalue weighted by molar-refractivity contribution is 6.20. The molecule has 0 N–H and O–H groups in total. The summed E-state index contributed by atoms with van der Waals surface area (Å²) in [5.41, 5.74) is 8.13. The van der Waals surface area contributed by atoms with E-state index in [2.05, 4.69) is 12.1 Å². The molecule has 0 saturated carbocycles. The lowest BCUT2D eigenvalue weighted by molar-refractivity contribution is 0.655. The van der Waals surface area contributed by atoms with Gasteiger partial charge in [0, 0.05) is 22.2 Å². The lowest BCUT2D eigenvalue weighted by Crippen LogP contribution is -2.09. The second-order valence-corrected chi connectivity index (χ2v) is 6.72. The predicted octanol–water partition coefficient (Wildman–Crippen LogP) is 4.22. The van der Waals surface area contributed by atoms with Gasteiger partial charge in [0.05, 0.1) is 33.5 Å². The van der Waals surface area contributed by atoms with Crippen molar-refractivity contribution in [3.63, 3.8) is 0 Å². The molecule has 0 bridgehead atoms. The van der Waals surface area contributed by atoms with Crippen LogP contribution in [0, 0.1) is 13.8 Å². The first kappa shape index (κ1) is 13.8. The van der Waals surface area contributed by atoms with Crippen LogP contribution in [0.25, 0.3) is 32.8 Å². The van der Waals surface area contributed by atoms with E-state index in [4.69, 9.17) is 19.9 Å². The van der Waals surface area contributed by atoms with Gasteiger partial charge in [0.15, 0.2) is 0 Å². The summed E-state index contributed by atoms with van der Waals surface area (Å²) in [6.45, 7) is 4.04. The summed E-state index contributed by atoms with van der Waals surface area (Å²) in [4.78, 5) is 19.6. The maximum absolute atomic E-state index is 5.02. The molecule has 1 aliphatic rings. The Balaban J connectivity index is 2.05. The lowest BCUT2D eigenvalue weighted by Gasteiger charge is -2.16. The van der Waals surface area contributed by atoms with Crippen LogP contribution in [0.5, 0.6) is 0 Å². The molecule has 0 radical (unpaired) electrons. The first-order valence-corrected chi connectivity index (χ1v) is 8.57. The van der Waals surface area contributed by atoms with E-state index >= 15 is 0 Å². The monoisotopic (exact) mass is 314 g/mol. The smallest absolute Gasteiger partial charge is 0.0992 e. The number of benzene rings is 1. The fourth-order valence-electron chi connectivity index (χ4n) is 3.72. The third kappa shape index (κ3) is 1.92. The standard InChI is InChI=1S/C20H18N4/c1-11-7-9-13-17(21-11)18-14(10-8-12(2)22-18)20-19(13)23-15-5-3-4-6-16(15)24-20/h7-10H,3-6H2,1-2H3. The van der Waals surface area contributed by atoms with Crippen LogP contribution in [0.4, 0.5) is 0 Å². The SMILES string of the molecule is Cc1ccc2c(n1)c1nc(C)ccc1c1nc3c(nc21)CCCC3. The molecule has 24 heavy (non-hydrogen) atoms. The van der Waals surface area contributed by atoms with Crippen LogP contribution in [-0.2, 0) is 12.8 Å². The van der Waals surface area contributed by atoms with Gasteiger partial charge in [-0.2, -0.15) is 0 Å². The number of rotatable bonds is 0. The van der Waals surface area contributed by atoms with Crippen LogP contribution in [0.1, 0.15) is 35.6 Å². The zero-order valence-electron chi connectivity index (χ0n) is 13.9.